The number of nitrogens with one attached hydrogen (secondary N) is 1. The lowest BCUT2D eigenvalue weighted by Crippen LogP contribution is -2.25. The molecule has 5 heteroatoms. The first-order valence-corrected chi connectivity index (χ1v) is 6.56. The van der Waals surface area contributed by atoms with Gasteiger partial charge in [0.15, 0.2) is 0 Å². The molecule has 0 saturated heterocycles. The highest BCUT2D eigenvalue weighted by atomic mass is 16.6. The minimum Gasteiger partial charge on any atom is -0.377 e. The molecule has 1 aliphatic carbocycles. The Kier molecular flexibility index (Phi) is 4.00. The number of para-hydroxylation sites is 1. The van der Waals surface area contributed by atoms with Crippen molar-refractivity contribution in [3.8, 4) is 6.07 Å². The standard InChI is InChI=1S/C14H17N3O2/c1-10-5-7-12(8-6-10)16-13-4-2-3-11(9-15)14(13)17(18)19/h2-4,10,12,16H,5-8H2,1H3. The summed E-state index contributed by atoms with van der Waals surface area (Å²) in [7, 11) is 0. The van der Waals surface area contributed by atoms with Gasteiger partial charge in [-0.1, -0.05) is 13.0 Å². The first-order valence-electron chi connectivity index (χ1n) is 6.56. The molecule has 0 radical (unpaired) electrons. The van der Waals surface area contributed by atoms with Crippen molar-refractivity contribution < 1.29 is 4.92 Å². The SMILES string of the molecule is CC1CCC(Nc2cccc(C#N)c2[N+](=O)[O-])CC1. The molecule has 0 atom stereocenters. The molecule has 0 aliphatic heterocycles. The molecule has 1 aromatic rings. The summed E-state index contributed by atoms with van der Waals surface area (Å²) in [5, 5.41) is 23.3. The quantitative estimate of drug-likeness (QED) is 0.666. The van der Waals surface area contributed by atoms with Crippen LogP contribution in [0.3, 0.4) is 0 Å². The van der Waals surface area contributed by atoms with Crippen molar-refractivity contribution in [3.05, 3.63) is 33.9 Å². The van der Waals surface area contributed by atoms with Gasteiger partial charge in [-0.2, -0.15) is 5.26 Å². The maximum absolute atomic E-state index is 11.1. The third kappa shape index (κ3) is 3.02. The summed E-state index contributed by atoms with van der Waals surface area (Å²) in [4.78, 5) is 10.6. The predicted molar refractivity (Wildman–Crippen MR) is 72.9 cm³/mol. The van der Waals surface area contributed by atoms with Crippen molar-refractivity contribution >= 4 is 11.4 Å². The zero-order valence-electron chi connectivity index (χ0n) is 10.9. The van der Waals surface area contributed by atoms with Crippen molar-refractivity contribution in [2.45, 2.75) is 38.6 Å². The lowest BCUT2D eigenvalue weighted by molar-refractivity contribution is -0.384. The second-order valence-electron chi connectivity index (χ2n) is 5.17. The monoisotopic (exact) mass is 259 g/mol. The highest BCUT2D eigenvalue weighted by molar-refractivity contribution is 5.68. The maximum Gasteiger partial charge on any atom is 0.309 e. The molecule has 0 unspecified atom stereocenters. The summed E-state index contributed by atoms with van der Waals surface area (Å²) in [6.45, 7) is 2.23. The lowest BCUT2D eigenvalue weighted by Gasteiger charge is -2.27. The molecule has 0 amide bonds. The van der Waals surface area contributed by atoms with Gasteiger partial charge in [-0.3, -0.25) is 10.1 Å². The van der Waals surface area contributed by atoms with Gasteiger partial charge in [-0.05, 0) is 43.7 Å². The van der Waals surface area contributed by atoms with Crippen LogP contribution in [0.4, 0.5) is 11.4 Å². The Morgan fingerprint density at radius 3 is 2.63 bits per heavy atom. The molecule has 2 rings (SSSR count). The predicted octanol–water partition coefficient (Wildman–Crippen LogP) is 3.46. The van der Waals surface area contributed by atoms with Gasteiger partial charge < -0.3 is 5.32 Å². The van der Waals surface area contributed by atoms with Gasteiger partial charge in [0.25, 0.3) is 0 Å². The summed E-state index contributed by atoms with van der Waals surface area (Å²) >= 11 is 0. The first kappa shape index (κ1) is 13.3. The molecule has 0 aromatic heterocycles. The van der Waals surface area contributed by atoms with Crippen LogP contribution in [-0.2, 0) is 0 Å². The van der Waals surface area contributed by atoms with Crippen LogP contribution in [0.5, 0.6) is 0 Å². The number of benzene rings is 1. The average Bonchev–Trinajstić information content (AvgIpc) is 2.40. The Morgan fingerprint density at radius 1 is 1.37 bits per heavy atom. The minimum absolute atomic E-state index is 0.108. The maximum atomic E-state index is 11.1. The van der Waals surface area contributed by atoms with Crippen LogP contribution in [-0.4, -0.2) is 11.0 Å². The summed E-state index contributed by atoms with van der Waals surface area (Å²) in [5.41, 5.74) is 0.464. The molecule has 1 N–H and O–H groups in total. The summed E-state index contributed by atoms with van der Waals surface area (Å²) in [6.07, 6.45) is 4.33. The van der Waals surface area contributed by atoms with Crippen molar-refractivity contribution in [1.82, 2.24) is 0 Å². The minimum atomic E-state index is -0.480. The van der Waals surface area contributed by atoms with E-state index in [-0.39, 0.29) is 17.3 Å². The molecule has 5 nitrogen and oxygen atoms in total. The van der Waals surface area contributed by atoms with Crippen LogP contribution in [0.2, 0.25) is 0 Å². The summed E-state index contributed by atoms with van der Waals surface area (Å²) in [6, 6.07) is 6.98. The Bertz CT molecular complexity index is 514. The van der Waals surface area contributed by atoms with Crippen LogP contribution >= 0.6 is 0 Å². The van der Waals surface area contributed by atoms with Gasteiger partial charge in [-0.15, -0.1) is 0 Å². The number of anilines is 1. The fraction of sp³-hybridized carbons (Fsp3) is 0.500. The van der Waals surface area contributed by atoms with Crippen LogP contribution in [0, 0.1) is 27.4 Å². The van der Waals surface area contributed by atoms with Crippen molar-refractivity contribution in [1.29, 1.82) is 5.26 Å². The van der Waals surface area contributed by atoms with E-state index in [2.05, 4.69) is 12.2 Å². The number of nitro groups is 1. The summed E-state index contributed by atoms with van der Waals surface area (Å²) < 4.78 is 0. The largest absolute Gasteiger partial charge is 0.377 e. The number of hydrogen-bond donors (Lipinski definition) is 1. The smallest absolute Gasteiger partial charge is 0.309 e. The van der Waals surface area contributed by atoms with Crippen LogP contribution < -0.4 is 5.32 Å². The molecular formula is C14H17N3O2. The van der Waals surface area contributed by atoms with E-state index in [1.807, 2.05) is 6.07 Å². The van der Waals surface area contributed by atoms with Gasteiger partial charge in [-0.25, -0.2) is 0 Å². The van der Waals surface area contributed by atoms with E-state index in [0.29, 0.717) is 5.69 Å². The Morgan fingerprint density at radius 2 is 2.05 bits per heavy atom. The topological polar surface area (TPSA) is 79.0 Å². The Balaban J connectivity index is 2.21. The van der Waals surface area contributed by atoms with E-state index >= 15 is 0 Å². The van der Waals surface area contributed by atoms with E-state index < -0.39 is 4.92 Å². The molecule has 1 aliphatic rings. The molecule has 0 heterocycles. The molecule has 19 heavy (non-hydrogen) atoms. The van der Waals surface area contributed by atoms with Crippen LogP contribution in [0.15, 0.2) is 18.2 Å². The van der Waals surface area contributed by atoms with Crippen LogP contribution in [0.25, 0.3) is 0 Å². The number of hydrogen-bond acceptors (Lipinski definition) is 4. The Labute approximate surface area is 112 Å². The van der Waals surface area contributed by atoms with Gasteiger partial charge in [0.2, 0.25) is 0 Å². The van der Waals surface area contributed by atoms with Gasteiger partial charge in [0.05, 0.1) is 4.92 Å². The summed E-state index contributed by atoms with van der Waals surface area (Å²) in [5.74, 6) is 0.735. The van der Waals surface area contributed by atoms with Gasteiger partial charge in [0, 0.05) is 6.04 Å². The fourth-order valence-electron chi connectivity index (χ4n) is 2.57. The van der Waals surface area contributed by atoms with E-state index in [4.69, 9.17) is 5.26 Å². The second-order valence-corrected chi connectivity index (χ2v) is 5.17. The number of rotatable bonds is 3. The molecule has 0 bridgehead atoms. The molecule has 1 fully saturated rings. The zero-order valence-corrected chi connectivity index (χ0v) is 10.9. The third-order valence-electron chi connectivity index (χ3n) is 3.71. The van der Waals surface area contributed by atoms with Crippen molar-refractivity contribution in [3.63, 3.8) is 0 Å². The highest BCUT2D eigenvalue weighted by Crippen LogP contribution is 2.32. The highest BCUT2D eigenvalue weighted by Gasteiger charge is 2.23. The van der Waals surface area contributed by atoms with Crippen LogP contribution in [0.1, 0.15) is 38.2 Å². The van der Waals surface area contributed by atoms with Gasteiger partial charge >= 0.3 is 5.69 Å². The number of nitro benzene ring substituents is 1. The Hall–Kier alpha value is -2.09. The van der Waals surface area contributed by atoms with E-state index in [1.54, 1.807) is 12.1 Å². The molecule has 1 aromatic carbocycles. The van der Waals surface area contributed by atoms with Gasteiger partial charge in [0.1, 0.15) is 17.3 Å². The van der Waals surface area contributed by atoms with E-state index in [1.165, 1.54) is 6.07 Å². The van der Waals surface area contributed by atoms with Crippen molar-refractivity contribution in [2.75, 3.05) is 5.32 Å². The third-order valence-corrected chi connectivity index (χ3v) is 3.71. The fourth-order valence-corrected chi connectivity index (χ4v) is 2.57. The van der Waals surface area contributed by atoms with E-state index in [9.17, 15) is 10.1 Å². The zero-order chi connectivity index (χ0) is 13.8. The first-order chi connectivity index (χ1) is 9.11. The van der Waals surface area contributed by atoms with Crippen molar-refractivity contribution in [2.24, 2.45) is 5.92 Å². The number of nitrogens with zero attached hydrogens (tertiary/aromatic N) is 2. The lowest BCUT2D eigenvalue weighted by atomic mass is 9.87. The molecular weight excluding hydrogens is 242 g/mol. The number of nitriles is 1. The van der Waals surface area contributed by atoms with E-state index in [0.717, 1.165) is 31.6 Å². The molecule has 0 spiro atoms. The molecule has 1 saturated carbocycles. The normalized spacial score (nSPS) is 22.5. The average molecular weight is 259 g/mol. The molecule has 100 valence electrons. The second kappa shape index (κ2) is 5.70.